The van der Waals surface area contributed by atoms with E-state index in [2.05, 4.69) is 4.98 Å². The third-order valence-corrected chi connectivity index (χ3v) is 2.83. The summed E-state index contributed by atoms with van der Waals surface area (Å²) in [6, 6.07) is 0. The minimum absolute atomic E-state index is 0.333. The summed E-state index contributed by atoms with van der Waals surface area (Å²) < 4.78 is 6.77. The Labute approximate surface area is 93.6 Å². The second-order valence-corrected chi connectivity index (χ2v) is 4.17. The van der Waals surface area contributed by atoms with Crippen LogP contribution in [0.1, 0.15) is 0 Å². The highest BCUT2D eigenvalue weighted by atomic mass is 32.2. The minimum atomic E-state index is -0.499. The van der Waals surface area contributed by atoms with Gasteiger partial charge in [0.2, 0.25) is 0 Å². The van der Waals surface area contributed by atoms with E-state index in [1.807, 2.05) is 10.8 Å². The molecule has 5 nitrogen and oxygen atoms in total. The largest absolute Gasteiger partial charge is 0.389 e. The van der Waals surface area contributed by atoms with E-state index in [0.29, 0.717) is 19.7 Å². The Bertz CT molecular complexity index is 280. The molecular formula is C9H17N3O2S. The Kier molecular flexibility index (Phi) is 5.70. The van der Waals surface area contributed by atoms with E-state index in [-0.39, 0.29) is 0 Å². The van der Waals surface area contributed by atoms with E-state index in [4.69, 9.17) is 10.5 Å². The molecule has 1 heterocycles. The Hall–Kier alpha value is -0.560. The van der Waals surface area contributed by atoms with Gasteiger partial charge in [-0.25, -0.2) is 4.98 Å². The third-order valence-electron chi connectivity index (χ3n) is 1.79. The third kappa shape index (κ3) is 4.21. The van der Waals surface area contributed by atoms with Crippen LogP contribution in [0.3, 0.4) is 0 Å². The molecule has 1 atom stereocenters. The molecule has 3 N–H and O–H groups in total. The minimum Gasteiger partial charge on any atom is -0.389 e. The summed E-state index contributed by atoms with van der Waals surface area (Å²) in [5, 5.41) is 10.4. The van der Waals surface area contributed by atoms with E-state index < -0.39 is 6.10 Å². The van der Waals surface area contributed by atoms with Crippen molar-refractivity contribution in [3.05, 3.63) is 12.4 Å². The van der Waals surface area contributed by atoms with Gasteiger partial charge in [-0.1, -0.05) is 11.8 Å². The normalized spacial score (nSPS) is 13.0. The summed E-state index contributed by atoms with van der Waals surface area (Å²) in [4.78, 5) is 4.19. The average Bonchev–Trinajstić information content (AvgIpc) is 2.63. The van der Waals surface area contributed by atoms with Gasteiger partial charge in [0.25, 0.3) is 0 Å². The Morgan fingerprint density at radius 2 is 2.53 bits per heavy atom. The van der Waals surface area contributed by atoms with E-state index in [1.54, 1.807) is 25.1 Å². The van der Waals surface area contributed by atoms with Gasteiger partial charge in [-0.15, -0.1) is 0 Å². The number of ether oxygens (including phenoxy) is 1. The van der Waals surface area contributed by atoms with Gasteiger partial charge < -0.3 is 20.1 Å². The van der Waals surface area contributed by atoms with Crippen molar-refractivity contribution in [2.24, 2.45) is 5.73 Å². The first-order valence-electron chi connectivity index (χ1n) is 4.79. The van der Waals surface area contributed by atoms with Crippen LogP contribution < -0.4 is 5.73 Å². The van der Waals surface area contributed by atoms with Crippen molar-refractivity contribution in [1.29, 1.82) is 0 Å². The number of nitrogens with zero attached hydrogens (tertiary/aromatic N) is 2. The number of hydrogen-bond acceptors (Lipinski definition) is 5. The summed E-state index contributed by atoms with van der Waals surface area (Å²) in [7, 11) is 1.57. The second-order valence-electron chi connectivity index (χ2n) is 3.11. The van der Waals surface area contributed by atoms with Crippen molar-refractivity contribution < 1.29 is 9.84 Å². The highest BCUT2D eigenvalue weighted by molar-refractivity contribution is 7.99. The maximum Gasteiger partial charge on any atom is 0.168 e. The summed E-state index contributed by atoms with van der Waals surface area (Å²) in [6.45, 7) is 1.46. The molecule has 15 heavy (non-hydrogen) atoms. The van der Waals surface area contributed by atoms with Crippen LogP contribution in [-0.4, -0.2) is 46.8 Å². The predicted octanol–water partition coefficient (Wildman–Crippen LogP) is -0.0588. The number of thioether (sulfide) groups is 1. The molecular weight excluding hydrogens is 214 g/mol. The van der Waals surface area contributed by atoms with Crippen LogP contribution in [0.15, 0.2) is 17.6 Å². The smallest absolute Gasteiger partial charge is 0.168 e. The van der Waals surface area contributed by atoms with E-state index in [9.17, 15) is 5.11 Å². The van der Waals surface area contributed by atoms with Crippen LogP contribution >= 0.6 is 11.8 Å². The number of rotatable bonds is 7. The highest BCUT2D eigenvalue weighted by Crippen LogP contribution is 2.15. The lowest BCUT2D eigenvalue weighted by Gasteiger charge is -2.12. The molecule has 0 bridgehead atoms. The lowest BCUT2D eigenvalue weighted by molar-refractivity contribution is 0.0521. The van der Waals surface area contributed by atoms with Gasteiger partial charge in [-0.2, -0.15) is 0 Å². The van der Waals surface area contributed by atoms with E-state index in [0.717, 1.165) is 10.9 Å². The van der Waals surface area contributed by atoms with Crippen LogP contribution in [0, 0.1) is 0 Å². The molecule has 0 aliphatic rings. The van der Waals surface area contributed by atoms with Crippen LogP contribution in [-0.2, 0) is 11.3 Å². The molecule has 1 aromatic heterocycles. The molecule has 0 radical (unpaired) electrons. The zero-order valence-corrected chi connectivity index (χ0v) is 9.61. The number of methoxy groups -OCH3 is 1. The quantitative estimate of drug-likeness (QED) is 0.643. The number of aliphatic hydroxyl groups excluding tert-OH is 1. The molecule has 0 fully saturated rings. The maximum absolute atomic E-state index is 9.56. The fraction of sp³-hybridized carbons (Fsp3) is 0.667. The predicted molar refractivity (Wildman–Crippen MR) is 59.9 cm³/mol. The second kappa shape index (κ2) is 6.84. The molecule has 0 amide bonds. The van der Waals surface area contributed by atoms with Gasteiger partial charge >= 0.3 is 0 Å². The number of nitrogens with two attached hydrogens (primary N) is 1. The standard InChI is InChI=1S/C9H17N3O2S/c1-14-7-8(13)6-12-4-3-11-9(12)15-5-2-10/h3-4,8,13H,2,5-7,10H2,1H3. The summed E-state index contributed by atoms with van der Waals surface area (Å²) >= 11 is 1.59. The molecule has 0 spiro atoms. The number of aliphatic hydroxyl groups is 1. The van der Waals surface area contributed by atoms with Gasteiger partial charge in [-0.05, 0) is 0 Å². The van der Waals surface area contributed by atoms with Crippen molar-refractivity contribution in [3.63, 3.8) is 0 Å². The van der Waals surface area contributed by atoms with E-state index in [1.165, 1.54) is 0 Å². The monoisotopic (exact) mass is 231 g/mol. The SMILES string of the molecule is COCC(O)Cn1ccnc1SCCN. The first-order valence-corrected chi connectivity index (χ1v) is 5.77. The van der Waals surface area contributed by atoms with E-state index >= 15 is 0 Å². The number of hydrogen-bond donors (Lipinski definition) is 2. The number of imidazole rings is 1. The summed E-state index contributed by atoms with van der Waals surface area (Å²) in [5.74, 6) is 0.831. The molecule has 1 rings (SSSR count). The zero-order chi connectivity index (χ0) is 11.1. The Morgan fingerprint density at radius 1 is 1.73 bits per heavy atom. The van der Waals surface area contributed by atoms with Crippen molar-refractivity contribution >= 4 is 11.8 Å². The first kappa shape index (κ1) is 12.5. The molecule has 0 saturated carbocycles. The van der Waals surface area contributed by atoms with Crippen LogP contribution in [0.25, 0.3) is 0 Å². The fourth-order valence-corrected chi connectivity index (χ4v) is 1.93. The summed E-state index contributed by atoms with van der Waals surface area (Å²) in [5.41, 5.74) is 5.42. The molecule has 0 aromatic carbocycles. The molecule has 6 heteroatoms. The molecule has 1 unspecified atom stereocenters. The Morgan fingerprint density at radius 3 is 3.20 bits per heavy atom. The fourth-order valence-electron chi connectivity index (χ4n) is 1.20. The van der Waals surface area contributed by atoms with Gasteiger partial charge in [0.1, 0.15) is 0 Å². The van der Waals surface area contributed by atoms with Gasteiger partial charge in [0.05, 0.1) is 19.3 Å². The molecule has 0 saturated heterocycles. The number of aromatic nitrogens is 2. The van der Waals surface area contributed by atoms with Crippen molar-refractivity contribution in [1.82, 2.24) is 9.55 Å². The van der Waals surface area contributed by atoms with Crippen LogP contribution in [0.5, 0.6) is 0 Å². The van der Waals surface area contributed by atoms with Gasteiger partial charge in [0, 0.05) is 31.8 Å². The van der Waals surface area contributed by atoms with Crippen molar-refractivity contribution in [2.45, 2.75) is 17.8 Å². The molecule has 0 aliphatic heterocycles. The topological polar surface area (TPSA) is 73.3 Å². The summed E-state index contributed by atoms with van der Waals surface area (Å²) in [6.07, 6.45) is 3.07. The van der Waals surface area contributed by atoms with Crippen molar-refractivity contribution in [2.75, 3.05) is 26.0 Å². The maximum atomic E-state index is 9.56. The molecule has 1 aromatic rings. The van der Waals surface area contributed by atoms with Crippen molar-refractivity contribution in [3.8, 4) is 0 Å². The zero-order valence-electron chi connectivity index (χ0n) is 8.80. The lowest BCUT2D eigenvalue weighted by atomic mass is 10.4. The molecule has 0 aliphatic carbocycles. The highest BCUT2D eigenvalue weighted by Gasteiger charge is 2.08. The van der Waals surface area contributed by atoms with Gasteiger partial charge in [0.15, 0.2) is 5.16 Å². The molecule has 86 valence electrons. The Balaban J connectivity index is 2.48. The van der Waals surface area contributed by atoms with Crippen LogP contribution in [0.2, 0.25) is 0 Å². The van der Waals surface area contributed by atoms with Crippen LogP contribution in [0.4, 0.5) is 0 Å². The average molecular weight is 231 g/mol. The lowest BCUT2D eigenvalue weighted by Crippen LogP contribution is -2.21. The van der Waals surface area contributed by atoms with Gasteiger partial charge in [-0.3, -0.25) is 0 Å². The first-order chi connectivity index (χ1) is 7.27.